The summed E-state index contributed by atoms with van der Waals surface area (Å²) >= 11 is 0. The zero-order valence-electron chi connectivity index (χ0n) is 15.9. The summed E-state index contributed by atoms with van der Waals surface area (Å²) in [4.78, 5) is 12.4. The molecule has 0 unspecified atom stereocenters. The van der Waals surface area contributed by atoms with Crippen LogP contribution in [0.3, 0.4) is 0 Å². The van der Waals surface area contributed by atoms with E-state index in [1.807, 2.05) is 25.1 Å². The molecule has 2 aromatic rings. The number of carbonyl (C=O) groups excluding carboxylic acids is 1. The van der Waals surface area contributed by atoms with E-state index >= 15 is 0 Å². The van der Waals surface area contributed by atoms with Crippen LogP contribution in [-0.2, 0) is 16.4 Å². The minimum atomic E-state index is -3.39. The fraction of sp³-hybridized carbons (Fsp3) is 0.350. The second-order valence-corrected chi connectivity index (χ2v) is 8.16. The van der Waals surface area contributed by atoms with Gasteiger partial charge in [0.15, 0.2) is 0 Å². The molecule has 0 aliphatic heterocycles. The first-order valence-electron chi connectivity index (χ1n) is 8.87. The normalized spacial score (nSPS) is 11.1. The summed E-state index contributed by atoms with van der Waals surface area (Å²) < 4.78 is 31.6. The molecule has 0 radical (unpaired) electrons. The molecule has 0 aliphatic carbocycles. The van der Waals surface area contributed by atoms with Gasteiger partial charge in [0.05, 0.1) is 12.9 Å². The highest BCUT2D eigenvalue weighted by Crippen LogP contribution is 2.20. The topological polar surface area (TPSA) is 84.5 Å². The number of rotatable bonds is 9. The molecule has 2 rings (SSSR count). The summed E-state index contributed by atoms with van der Waals surface area (Å²) in [5.74, 6) is 0.585. The zero-order chi connectivity index (χ0) is 19.9. The van der Waals surface area contributed by atoms with E-state index in [4.69, 9.17) is 4.74 Å². The van der Waals surface area contributed by atoms with Crippen molar-refractivity contribution in [3.63, 3.8) is 0 Å². The molecular weight excluding hydrogens is 364 g/mol. The molecule has 0 saturated heterocycles. The lowest BCUT2D eigenvalue weighted by molar-refractivity contribution is 0.0954. The van der Waals surface area contributed by atoms with Gasteiger partial charge in [-0.1, -0.05) is 30.7 Å². The highest BCUT2D eigenvalue weighted by Gasteiger charge is 2.11. The van der Waals surface area contributed by atoms with Crippen LogP contribution in [0.4, 0.5) is 5.69 Å². The van der Waals surface area contributed by atoms with Crippen LogP contribution in [0, 0.1) is 6.92 Å². The SMILES string of the molecule is CCCS(=O)(=O)Nc1cccc(C(=O)NCCc2cc(C)ccc2OC)c1. The van der Waals surface area contributed by atoms with Crippen molar-refractivity contribution in [3.05, 3.63) is 59.2 Å². The number of hydrogen-bond donors (Lipinski definition) is 2. The Morgan fingerprint density at radius 2 is 1.93 bits per heavy atom. The quantitative estimate of drug-likeness (QED) is 0.689. The molecule has 7 heteroatoms. The maximum atomic E-state index is 12.4. The van der Waals surface area contributed by atoms with Crippen LogP contribution in [0.15, 0.2) is 42.5 Å². The fourth-order valence-electron chi connectivity index (χ4n) is 2.74. The minimum Gasteiger partial charge on any atom is -0.496 e. The highest BCUT2D eigenvalue weighted by molar-refractivity contribution is 7.92. The van der Waals surface area contributed by atoms with Crippen LogP contribution in [0.5, 0.6) is 5.75 Å². The lowest BCUT2D eigenvalue weighted by Gasteiger charge is -2.11. The molecule has 2 N–H and O–H groups in total. The second-order valence-electron chi connectivity index (χ2n) is 6.32. The molecular formula is C20H26N2O4S. The van der Waals surface area contributed by atoms with Gasteiger partial charge in [-0.3, -0.25) is 9.52 Å². The van der Waals surface area contributed by atoms with E-state index < -0.39 is 10.0 Å². The van der Waals surface area contributed by atoms with E-state index in [9.17, 15) is 13.2 Å². The van der Waals surface area contributed by atoms with Crippen LogP contribution in [-0.4, -0.2) is 33.7 Å². The molecule has 0 atom stereocenters. The summed E-state index contributed by atoms with van der Waals surface area (Å²) in [6, 6.07) is 12.4. The van der Waals surface area contributed by atoms with Gasteiger partial charge >= 0.3 is 0 Å². The molecule has 0 bridgehead atoms. The monoisotopic (exact) mass is 390 g/mol. The Hall–Kier alpha value is -2.54. The molecule has 0 aromatic heterocycles. The Kier molecular flexibility index (Phi) is 7.24. The van der Waals surface area contributed by atoms with Crippen molar-refractivity contribution >= 4 is 21.6 Å². The van der Waals surface area contributed by atoms with E-state index in [-0.39, 0.29) is 11.7 Å². The highest BCUT2D eigenvalue weighted by atomic mass is 32.2. The van der Waals surface area contributed by atoms with Gasteiger partial charge in [0.1, 0.15) is 5.75 Å². The molecule has 1 amide bonds. The first-order chi connectivity index (χ1) is 12.8. The molecule has 0 heterocycles. The summed E-state index contributed by atoms with van der Waals surface area (Å²) in [6.45, 7) is 4.25. The zero-order valence-corrected chi connectivity index (χ0v) is 16.7. The smallest absolute Gasteiger partial charge is 0.251 e. The number of anilines is 1. The number of methoxy groups -OCH3 is 1. The summed E-state index contributed by atoms with van der Waals surface area (Å²) in [5.41, 5.74) is 2.95. The van der Waals surface area contributed by atoms with Crippen molar-refractivity contribution in [2.45, 2.75) is 26.7 Å². The van der Waals surface area contributed by atoms with Crippen LogP contribution >= 0.6 is 0 Å². The van der Waals surface area contributed by atoms with E-state index in [1.165, 1.54) is 6.07 Å². The first kappa shape index (κ1) is 20.8. The number of ether oxygens (including phenoxy) is 1. The minimum absolute atomic E-state index is 0.0434. The Bertz CT molecular complexity index is 895. The van der Waals surface area contributed by atoms with Gasteiger partial charge in [0, 0.05) is 17.8 Å². The van der Waals surface area contributed by atoms with Crippen molar-refractivity contribution in [3.8, 4) is 5.75 Å². The number of carbonyl (C=O) groups is 1. The van der Waals surface area contributed by atoms with Crippen LogP contribution in [0.1, 0.15) is 34.8 Å². The number of nitrogens with one attached hydrogen (secondary N) is 2. The number of amides is 1. The lowest BCUT2D eigenvalue weighted by Crippen LogP contribution is -2.26. The average Bonchev–Trinajstić information content (AvgIpc) is 2.61. The van der Waals surface area contributed by atoms with Crippen molar-refractivity contribution in [2.24, 2.45) is 0 Å². The van der Waals surface area contributed by atoms with Crippen molar-refractivity contribution in [1.82, 2.24) is 5.32 Å². The number of benzene rings is 2. The van der Waals surface area contributed by atoms with Crippen LogP contribution in [0.25, 0.3) is 0 Å². The maximum absolute atomic E-state index is 12.4. The predicted molar refractivity (Wildman–Crippen MR) is 108 cm³/mol. The lowest BCUT2D eigenvalue weighted by atomic mass is 10.1. The van der Waals surface area contributed by atoms with Gasteiger partial charge in [0.25, 0.3) is 5.91 Å². The number of sulfonamides is 1. The Morgan fingerprint density at radius 3 is 2.63 bits per heavy atom. The fourth-order valence-corrected chi connectivity index (χ4v) is 3.86. The standard InChI is InChI=1S/C20H26N2O4S/c1-4-12-27(24,25)22-18-7-5-6-17(14-18)20(23)21-11-10-16-13-15(2)8-9-19(16)26-3/h5-9,13-14,22H,4,10-12H2,1-3H3,(H,21,23). The van der Waals surface area contributed by atoms with Crippen LogP contribution < -0.4 is 14.8 Å². The third-order valence-corrected chi connectivity index (χ3v) is 5.48. The number of hydrogen-bond acceptors (Lipinski definition) is 4. The summed E-state index contributed by atoms with van der Waals surface area (Å²) in [5, 5.41) is 2.86. The molecule has 2 aromatic carbocycles. The van der Waals surface area contributed by atoms with Gasteiger partial charge in [-0.15, -0.1) is 0 Å². The molecule has 0 spiro atoms. The molecule has 27 heavy (non-hydrogen) atoms. The molecule has 146 valence electrons. The predicted octanol–water partition coefficient (Wildman–Crippen LogP) is 3.13. The van der Waals surface area contributed by atoms with Crippen molar-refractivity contribution in [1.29, 1.82) is 0 Å². The van der Waals surface area contributed by atoms with Crippen molar-refractivity contribution < 1.29 is 17.9 Å². The maximum Gasteiger partial charge on any atom is 0.251 e. The summed E-state index contributed by atoms with van der Waals surface area (Å²) in [6.07, 6.45) is 1.16. The molecule has 0 saturated carbocycles. The molecule has 6 nitrogen and oxygen atoms in total. The van der Waals surface area contributed by atoms with Crippen LogP contribution in [0.2, 0.25) is 0 Å². The van der Waals surface area contributed by atoms with Gasteiger partial charge < -0.3 is 10.1 Å². The molecule has 0 aliphatic rings. The van der Waals surface area contributed by atoms with Gasteiger partial charge in [-0.2, -0.15) is 0 Å². The summed E-state index contributed by atoms with van der Waals surface area (Å²) in [7, 11) is -1.76. The third kappa shape index (κ3) is 6.29. The van der Waals surface area contributed by atoms with E-state index in [0.29, 0.717) is 30.6 Å². The van der Waals surface area contributed by atoms with Gasteiger partial charge in [-0.05, 0) is 49.6 Å². The Morgan fingerprint density at radius 1 is 1.15 bits per heavy atom. The largest absolute Gasteiger partial charge is 0.496 e. The second kappa shape index (κ2) is 9.41. The third-order valence-electron chi connectivity index (χ3n) is 3.99. The number of aryl methyl sites for hydroxylation is 1. The van der Waals surface area contributed by atoms with E-state index in [1.54, 1.807) is 32.2 Å². The first-order valence-corrected chi connectivity index (χ1v) is 10.5. The van der Waals surface area contributed by atoms with E-state index in [0.717, 1.165) is 16.9 Å². The van der Waals surface area contributed by atoms with Gasteiger partial charge in [0.2, 0.25) is 10.0 Å². The average molecular weight is 391 g/mol. The van der Waals surface area contributed by atoms with Gasteiger partial charge in [-0.25, -0.2) is 8.42 Å². The van der Waals surface area contributed by atoms with E-state index in [2.05, 4.69) is 10.0 Å². The van der Waals surface area contributed by atoms with Crippen molar-refractivity contribution in [2.75, 3.05) is 24.1 Å². The Balaban J connectivity index is 1.98. The molecule has 0 fully saturated rings. The Labute approximate surface area is 161 Å².